The first-order valence-corrected chi connectivity index (χ1v) is 23.7. The first-order chi connectivity index (χ1) is 33.9. The van der Waals surface area contributed by atoms with E-state index in [0.717, 1.165) is 62.1 Å². The maximum atomic E-state index is 5.64. The van der Waals surface area contributed by atoms with E-state index in [1.807, 2.05) is 24.3 Å². The molecular formula is C64H47N3O2. The summed E-state index contributed by atoms with van der Waals surface area (Å²) in [6.07, 6.45) is 0. The van der Waals surface area contributed by atoms with Gasteiger partial charge in [-0.2, -0.15) is 0 Å². The smallest absolute Gasteiger partial charge is 0.163 e. The second kappa shape index (κ2) is 15.9. The third kappa shape index (κ3) is 6.48. The normalized spacial score (nSPS) is 14.6. The topological polar surface area (TPSA) is 57.1 Å². The molecule has 3 aliphatic rings. The molecule has 330 valence electrons. The molecule has 0 saturated carbocycles. The lowest BCUT2D eigenvalue weighted by Crippen LogP contribution is -2.17. The van der Waals surface area contributed by atoms with Gasteiger partial charge >= 0.3 is 0 Å². The summed E-state index contributed by atoms with van der Waals surface area (Å²) in [6.45, 7) is 4.75. The number of methoxy groups -OCH3 is 2. The molecule has 13 rings (SSSR count). The molecular weight excluding hydrogens is 843 g/mol. The van der Waals surface area contributed by atoms with Crippen molar-refractivity contribution in [2.75, 3.05) is 14.2 Å². The van der Waals surface area contributed by atoms with Gasteiger partial charge in [0.1, 0.15) is 23.1 Å². The summed E-state index contributed by atoms with van der Waals surface area (Å²) < 4.78 is 11.1. The van der Waals surface area contributed by atoms with Gasteiger partial charge in [0.25, 0.3) is 0 Å². The number of benzene rings is 9. The summed E-state index contributed by atoms with van der Waals surface area (Å²) in [4.78, 5) is 16.8. The minimum atomic E-state index is -0.204. The Hall–Kier alpha value is -8.41. The van der Waals surface area contributed by atoms with Crippen molar-refractivity contribution < 1.29 is 9.47 Å². The fraction of sp³-hybridized carbons (Fsp3) is 0.109. The molecule has 9 aromatic carbocycles. The summed E-state index contributed by atoms with van der Waals surface area (Å²) in [7, 11) is 3.40. The summed E-state index contributed by atoms with van der Waals surface area (Å²) in [5, 5.41) is 0. The van der Waals surface area contributed by atoms with Gasteiger partial charge in [0.2, 0.25) is 0 Å². The number of aromatic nitrogens is 3. The van der Waals surface area contributed by atoms with E-state index in [1.54, 1.807) is 14.2 Å². The Morgan fingerprint density at radius 3 is 1.41 bits per heavy atom. The zero-order valence-electron chi connectivity index (χ0n) is 38.9. The summed E-state index contributed by atoms with van der Waals surface area (Å²) >= 11 is 0. The van der Waals surface area contributed by atoms with Crippen molar-refractivity contribution in [3.63, 3.8) is 0 Å². The van der Waals surface area contributed by atoms with Crippen LogP contribution in [0, 0.1) is 0 Å². The van der Waals surface area contributed by atoms with Gasteiger partial charge in [-0.1, -0.05) is 166 Å². The molecule has 10 aromatic rings. The fourth-order valence-corrected chi connectivity index (χ4v) is 11.6. The van der Waals surface area contributed by atoms with Crippen molar-refractivity contribution in [3.8, 4) is 89.6 Å². The van der Waals surface area contributed by atoms with Crippen molar-refractivity contribution in [2.24, 2.45) is 0 Å². The largest absolute Gasteiger partial charge is 0.497 e. The lowest BCUT2D eigenvalue weighted by atomic mass is 9.78. The predicted molar refractivity (Wildman–Crippen MR) is 278 cm³/mol. The Morgan fingerprint density at radius 2 is 0.826 bits per heavy atom. The number of nitrogens with zero attached hydrogens (tertiary/aromatic N) is 3. The molecule has 0 bridgehead atoms. The summed E-state index contributed by atoms with van der Waals surface area (Å²) in [5.41, 5.74) is 22.5. The van der Waals surface area contributed by atoms with Gasteiger partial charge in [-0.05, 0) is 149 Å². The monoisotopic (exact) mass is 889 g/mol. The number of fused-ring (bicyclic) bond motifs is 10. The molecule has 3 aliphatic carbocycles. The zero-order valence-corrected chi connectivity index (χ0v) is 38.9. The van der Waals surface area contributed by atoms with E-state index in [0.29, 0.717) is 5.82 Å². The first kappa shape index (κ1) is 40.8. The Balaban J connectivity index is 1.01. The SMILES string of the molecule is COc1ccc(-c2cc(-c3ccc(OC)cc3)cc(-c3cccc(-c4nc(C5c6ccccc6-c6ccccc65)nc(C5c6ccccc6-c6c5ccc5c6C(C)(C)c6ccccc6-5)n4)c3)c2)cc1. The average Bonchev–Trinajstić information content (AvgIpc) is 4.01. The molecule has 0 aliphatic heterocycles. The lowest BCUT2D eigenvalue weighted by molar-refractivity contribution is 0.415. The highest BCUT2D eigenvalue weighted by atomic mass is 16.5. The van der Waals surface area contributed by atoms with Gasteiger partial charge in [0.05, 0.1) is 26.1 Å². The molecule has 0 saturated heterocycles. The number of ether oxygens (including phenoxy) is 2. The summed E-state index contributed by atoms with van der Waals surface area (Å²) in [6, 6.07) is 72.0. The number of rotatable bonds is 8. The van der Waals surface area contributed by atoms with Crippen LogP contribution in [0.15, 0.2) is 200 Å². The Bertz CT molecular complexity index is 3570. The van der Waals surface area contributed by atoms with Crippen LogP contribution < -0.4 is 9.47 Å². The van der Waals surface area contributed by atoms with E-state index in [9.17, 15) is 0 Å². The van der Waals surface area contributed by atoms with Crippen LogP contribution in [0.2, 0.25) is 0 Å². The van der Waals surface area contributed by atoms with Gasteiger partial charge in [-0.3, -0.25) is 0 Å². The zero-order chi connectivity index (χ0) is 46.4. The fourth-order valence-electron chi connectivity index (χ4n) is 11.6. The molecule has 0 N–H and O–H groups in total. The van der Waals surface area contributed by atoms with Gasteiger partial charge < -0.3 is 9.47 Å². The van der Waals surface area contributed by atoms with Crippen LogP contribution in [-0.2, 0) is 5.41 Å². The molecule has 5 heteroatoms. The molecule has 0 radical (unpaired) electrons. The van der Waals surface area contributed by atoms with E-state index < -0.39 is 0 Å². The minimum absolute atomic E-state index is 0.168. The van der Waals surface area contributed by atoms with Gasteiger partial charge in [-0.25, -0.2) is 15.0 Å². The van der Waals surface area contributed by atoms with E-state index in [2.05, 4.69) is 190 Å². The van der Waals surface area contributed by atoms with Gasteiger partial charge in [0, 0.05) is 11.0 Å². The quantitative estimate of drug-likeness (QED) is 0.152. The predicted octanol–water partition coefficient (Wildman–Crippen LogP) is 15.2. The first-order valence-electron chi connectivity index (χ1n) is 23.7. The molecule has 1 aromatic heterocycles. The highest BCUT2D eigenvalue weighted by Crippen LogP contribution is 2.58. The maximum absolute atomic E-state index is 5.64. The Kier molecular flexibility index (Phi) is 9.38. The molecule has 69 heavy (non-hydrogen) atoms. The molecule has 0 spiro atoms. The second-order valence-electron chi connectivity index (χ2n) is 19.0. The molecule has 1 heterocycles. The van der Waals surface area contributed by atoms with Crippen molar-refractivity contribution in [2.45, 2.75) is 31.1 Å². The minimum Gasteiger partial charge on any atom is -0.497 e. The van der Waals surface area contributed by atoms with E-state index >= 15 is 0 Å². The lowest BCUT2D eigenvalue weighted by Gasteiger charge is -2.25. The second-order valence-corrected chi connectivity index (χ2v) is 19.0. The maximum Gasteiger partial charge on any atom is 0.163 e. The van der Waals surface area contributed by atoms with Crippen LogP contribution in [0.4, 0.5) is 0 Å². The van der Waals surface area contributed by atoms with Crippen LogP contribution in [0.3, 0.4) is 0 Å². The third-order valence-corrected chi connectivity index (χ3v) is 14.9. The number of hydrogen-bond acceptors (Lipinski definition) is 5. The molecule has 1 unspecified atom stereocenters. The Morgan fingerprint density at radius 1 is 0.362 bits per heavy atom. The van der Waals surface area contributed by atoms with Crippen molar-refractivity contribution in [1.82, 2.24) is 15.0 Å². The van der Waals surface area contributed by atoms with Crippen LogP contribution in [-0.4, -0.2) is 29.2 Å². The van der Waals surface area contributed by atoms with Crippen molar-refractivity contribution >= 4 is 0 Å². The van der Waals surface area contributed by atoms with Gasteiger partial charge in [0.15, 0.2) is 5.82 Å². The Labute approximate surface area is 402 Å². The van der Waals surface area contributed by atoms with Crippen LogP contribution in [0.5, 0.6) is 11.5 Å². The molecule has 1 atom stereocenters. The van der Waals surface area contributed by atoms with Crippen LogP contribution in [0.1, 0.15) is 70.7 Å². The standard InChI is InChI=1S/C64H47N3O2/c1-64(2)56-23-12-11-18-49(56)54-32-33-55-57(60(54)64)52-21-9-10-22-53(52)59(55)63-66-61(65-62(67-63)58-50-19-7-5-16-47(50)48-17-6-8-20-51(48)58)41-15-13-14-40(34-41)44-36-42(38-24-28-45(68-3)29-25-38)35-43(37-44)39-26-30-46(69-4)31-27-39/h5-37,58-59H,1-4H3. The van der Waals surface area contributed by atoms with E-state index in [-0.39, 0.29) is 17.3 Å². The van der Waals surface area contributed by atoms with Crippen molar-refractivity contribution in [1.29, 1.82) is 0 Å². The highest BCUT2D eigenvalue weighted by Gasteiger charge is 2.43. The average molecular weight is 890 g/mol. The molecule has 0 fully saturated rings. The van der Waals surface area contributed by atoms with E-state index in [1.165, 1.54) is 66.8 Å². The summed E-state index contributed by atoms with van der Waals surface area (Å²) in [5.74, 6) is 3.43. The third-order valence-electron chi connectivity index (χ3n) is 14.9. The van der Waals surface area contributed by atoms with Crippen LogP contribution in [0.25, 0.3) is 78.1 Å². The van der Waals surface area contributed by atoms with E-state index in [4.69, 9.17) is 24.4 Å². The number of hydrogen-bond donors (Lipinski definition) is 0. The van der Waals surface area contributed by atoms with Crippen molar-refractivity contribution in [3.05, 3.63) is 245 Å². The van der Waals surface area contributed by atoms with Crippen LogP contribution >= 0.6 is 0 Å². The van der Waals surface area contributed by atoms with Gasteiger partial charge in [-0.15, -0.1) is 0 Å². The molecule has 5 nitrogen and oxygen atoms in total. The molecule has 0 amide bonds. The highest BCUT2D eigenvalue weighted by molar-refractivity contribution is 5.94.